The Labute approximate surface area is 174 Å². The predicted octanol–water partition coefficient (Wildman–Crippen LogP) is 5.46. The second kappa shape index (κ2) is 9.25. The number of anilines is 3. The number of rotatable bonds is 7. The fraction of sp³-hybridized carbons (Fsp3) is 0.308. The highest BCUT2D eigenvalue weighted by Gasteiger charge is 2.15. The lowest BCUT2D eigenvalue weighted by atomic mass is 10.0. The molecule has 0 spiro atoms. The summed E-state index contributed by atoms with van der Waals surface area (Å²) in [5.74, 6) is 0. The summed E-state index contributed by atoms with van der Waals surface area (Å²) in [5.41, 5.74) is 10.6. The molecule has 0 heterocycles. The van der Waals surface area contributed by atoms with Gasteiger partial charge < -0.3 is 15.1 Å². The number of aryl methyl sites for hydroxylation is 4. The fourth-order valence-corrected chi connectivity index (χ4v) is 3.75. The van der Waals surface area contributed by atoms with E-state index in [1.165, 1.54) is 33.4 Å². The molecule has 0 unspecified atom stereocenters. The maximum absolute atomic E-state index is 9.31. The van der Waals surface area contributed by atoms with Crippen LogP contribution in [0.2, 0.25) is 0 Å². The van der Waals surface area contributed by atoms with Gasteiger partial charge in [-0.2, -0.15) is 0 Å². The van der Waals surface area contributed by atoms with Crippen LogP contribution in [-0.2, 0) is 12.8 Å². The predicted molar refractivity (Wildman–Crippen MR) is 122 cm³/mol. The Hall–Kier alpha value is -2.62. The minimum atomic E-state index is 0.159. The number of benzene rings is 3. The van der Waals surface area contributed by atoms with E-state index in [0.29, 0.717) is 12.8 Å². The summed E-state index contributed by atoms with van der Waals surface area (Å²) >= 11 is 0. The molecule has 0 bridgehead atoms. The van der Waals surface area contributed by atoms with Gasteiger partial charge in [0.2, 0.25) is 0 Å². The Balaban J connectivity index is 2.13. The maximum atomic E-state index is 9.31. The van der Waals surface area contributed by atoms with Crippen LogP contribution < -0.4 is 4.90 Å². The van der Waals surface area contributed by atoms with Crippen LogP contribution in [0.3, 0.4) is 0 Å². The number of nitrogens with zero attached hydrogens (tertiary/aromatic N) is 1. The van der Waals surface area contributed by atoms with Crippen LogP contribution in [0, 0.1) is 27.7 Å². The molecule has 3 aromatic rings. The number of hydrogen-bond acceptors (Lipinski definition) is 3. The monoisotopic (exact) mass is 389 g/mol. The van der Waals surface area contributed by atoms with E-state index in [0.717, 1.165) is 17.1 Å². The third-order valence-electron chi connectivity index (χ3n) is 5.68. The molecule has 3 rings (SSSR count). The summed E-state index contributed by atoms with van der Waals surface area (Å²) in [6, 6.07) is 19.4. The Kier molecular flexibility index (Phi) is 6.73. The van der Waals surface area contributed by atoms with Crippen molar-refractivity contribution < 1.29 is 10.2 Å². The van der Waals surface area contributed by atoms with E-state index in [-0.39, 0.29) is 13.2 Å². The molecule has 2 N–H and O–H groups in total. The summed E-state index contributed by atoms with van der Waals surface area (Å²) < 4.78 is 0. The molecule has 0 atom stereocenters. The van der Waals surface area contributed by atoms with Gasteiger partial charge in [0, 0.05) is 30.3 Å². The average Bonchev–Trinajstić information content (AvgIpc) is 2.69. The third-order valence-corrected chi connectivity index (χ3v) is 5.68. The van der Waals surface area contributed by atoms with E-state index in [2.05, 4.69) is 87.2 Å². The van der Waals surface area contributed by atoms with Gasteiger partial charge in [-0.3, -0.25) is 0 Å². The first-order chi connectivity index (χ1) is 13.9. The number of hydrogen-bond donors (Lipinski definition) is 2. The highest BCUT2D eigenvalue weighted by atomic mass is 16.3. The van der Waals surface area contributed by atoms with Gasteiger partial charge in [0.1, 0.15) is 0 Å². The lowest BCUT2D eigenvalue weighted by Crippen LogP contribution is -2.12. The van der Waals surface area contributed by atoms with Crippen molar-refractivity contribution in [2.75, 3.05) is 18.1 Å². The molecule has 0 aliphatic heterocycles. The zero-order chi connectivity index (χ0) is 21.0. The molecule has 152 valence electrons. The van der Waals surface area contributed by atoms with Crippen LogP contribution in [0.4, 0.5) is 17.1 Å². The lowest BCUT2D eigenvalue weighted by Gasteiger charge is -2.27. The van der Waals surface area contributed by atoms with Gasteiger partial charge in [-0.15, -0.1) is 0 Å². The fourth-order valence-electron chi connectivity index (χ4n) is 3.75. The summed E-state index contributed by atoms with van der Waals surface area (Å²) in [6.45, 7) is 8.79. The molecule has 0 aliphatic rings. The van der Waals surface area contributed by atoms with Gasteiger partial charge in [-0.25, -0.2) is 0 Å². The molecule has 0 amide bonds. The van der Waals surface area contributed by atoms with Crippen molar-refractivity contribution in [2.45, 2.75) is 40.5 Å². The normalized spacial score (nSPS) is 11.0. The molecule has 0 fully saturated rings. The van der Waals surface area contributed by atoms with E-state index in [1.807, 2.05) is 0 Å². The molecule has 3 nitrogen and oxygen atoms in total. The van der Waals surface area contributed by atoms with Crippen molar-refractivity contribution in [3.05, 3.63) is 88.0 Å². The van der Waals surface area contributed by atoms with Gasteiger partial charge in [0.15, 0.2) is 0 Å². The highest BCUT2D eigenvalue weighted by molar-refractivity contribution is 5.78. The molecule has 0 saturated carbocycles. The van der Waals surface area contributed by atoms with Crippen molar-refractivity contribution in [1.82, 2.24) is 0 Å². The van der Waals surface area contributed by atoms with Crippen molar-refractivity contribution in [1.29, 1.82) is 0 Å². The third kappa shape index (κ3) is 4.69. The lowest BCUT2D eigenvalue weighted by molar-refractivity contribution is 0.299. The number of aliphatic hydroxyl groups excluding tert-OH is 2. The maximum Gasteiger partial charge on any atom is 0.0471 e. The highest BCUT2D eigenvalue weighted by Crippen LogP contribution is 2.37. The quantitative estimate of drug-likeness (QED) is 0.564. The van der Waals surface area contributed by atoms with Gasteiger partial charge in [-0.05, 0) is 110 Å². The molecule has 3 heteroatoms. The van der Waals surface area contributed by atoms with Gasteiger partial charge in [0.25, 0.3) is 0 Å². The molecule has 0 saturated heterocycles. The second-order valence-electron chi connectivity index (χ2n) is 7.77. The first-order valence-corrected chi connectivity index (χ1v) is 10.2. The van der Waals surface area contributed by atoms with Crippen molar-refractivity contribution in [2.24, 2.45) is 0 Å². The average molecular weight is 390 g/mol. The minimum Gasteiger partial charge on any atom is -0.396 e. The van der Waals surface area contributed by atoms with E-state index >= 15 is 0 Å². The van der Waals surface area contributed by atoms with E-state index < -0.39 is 0 Å². The smallest absolute Gasteiger partial charge is 0.0471 e. The van der Waals surface area contributed by atoms with Gasteiger partial charge in [-0.1, -0.05) is 18.2 Å². The minimum absolute atomic E-state index is 0.159. The Morgan fingerprint density at radius 2 is 0.966 bits per heavy atom. The van der Waals surface area contributed by atoms with E-state index in [4.69, 9.17) is 0 Å². The zero-order valence-corrected chi connectivity index (χ0v) is 17.9. The largest absolute Gasteiger partial charge is 0.396 e. The second-order valence-corrected chi connectivity index (χ2v) is 7.77. The molecule has 0 aromatic heterocycles. The first kappa shape index (κ1) is 21.1. The van der Waals surface area contributed by atoms with Crippen LogP contribution in [0.15, 0.2) is 54.6 Å². The standard InChI is InChI=1S/C26H31NO2/c1-18-5-8-24(15-19(18)2)27(25-9-6-22(11-13-28)20(3)16-25)26-10-7-23(12-14-29)21(4)17-26/h5-10,15-17,28-29H,11-14H2,1-4H3. The van der Waals surface area contributed by atoms with Crippen LogP contribution in [-0.4, -0.2) is 23.4 Å². The SMILES string of the molecule is Cc1ccc(N(c2ccc(CCO)c(C)c2)c2ccc(CCO)c(C)c2)cc1C. The Bertz CT molecular complexity index is 938. The van der Waals surface area contributed by atoms with E-state index in [9.17, 15) is 10.2 Å². The summed E-state index contributed by atoms with van der Waals surface area (Å²) in [7, 11) is 0. The Morgan fingerprint density at radius 1 is 0.552 bits per heavy atom. The first-order valence-electron chi connectivity index (χ1n) is 10.2. The molecule has 0 radical (unpaired) electrons. The van der Waals surface area contributed by atoms with Crippen LogP contribution >= 0.6 is 0 Å². The van der Waals surface area contributed by atoms with Crippen LogP contribution in [0.1, 0.15) is 33.4 Å². The van der Waals surface area contributed by atoms with Crippen molar-refractivity contribution >= 4 is 17.1 Å². The van der Waals surface area contributed by atoms with Gasteiger partial charge >= 0.3 is 0 Å². The summed E-state index contributed by atoms with van der Waals surface area (Å²) in [4.78, 5) is 2.28. The van der Waals surface area contributed by atoms with Crippen LogP contribution in [0.25, 0.3) is 0 Å². The molecule has 0 aliphatic carbocycles. The topological polar surface area (TPSA) is 43.7 Å². The molecule has 29 heavy (non-hydrogen) atoms. The summed E-state index contributed by atoms with van der Waals surface area (Å²) in [5, 5.41) is 18.6. The molecular weight excluding hydrogens is 358 g/mol. The zero-order valence-electron chi connectivity index (χ0n) is 17.9. The van der Waals surface area contributed by atoms with Gasteiger partial charge in [0.05, 0.1) is 0 Å². The Morgan fingerprint density at radius 3 is 1.34 bits per heavy atom. The van der Waals surface area contributed by atoms with E-state index in [1.54, 1.807) is 0 Å². The number of aliphatic hydroxyl groups is 2. The van der Waals surface area contributed by atoms with Crippen molar-refractivity contribution in [3.8, 4) is 0 Å². The van der Waals surface area contributed by atoms with Crippen molar-refractivity contribution in [3.63, 3.8) is 0 Å². The molecular formula is C26H31NO2. The van der Waals surface area contributed by atoms with Crippen LogP contribution in [0.5, 0.6) is 0 Å². The summed E-state index contributed by atoms with van der Waals surface area (Å²) in [6.07, 6.45) is 1.34. The molecule has 3 aromatic carbocycles.